The highest BCUT2D eigenvalue weighted by Gasteiger charge is 2.16. The van der Waals surface area contributed by atoms with Crippen LogP contribution in [0.15, 0.2) is 91.0 Å². The molecule has 246 valence electrons. The number of hydrogen-bond donors (Lipinski definition) is 1. The molecule has 18 heteroatoms. The lowest BCUT2D eigenvalue weighted by atomic mass is 10.1. The molecule has 0 aliphatic rings. The number of hydrogen-bond acceptors (Lipinski definition) is 14. The minimum Gasteiger partial charge on any atom is -0.444 e. The first-order valence-electron chi connectivity index (χ1n) is 13.4. The molecule has 0 aliphatic heterocycles. The summed E-state index contributed by atoms with van der Waals surface area (Å²) >= 11 is 0. The van der Waals surface area contributed by atoms with Crippen molar-refractivity contribution in [2.24, 2.45) is 0 Å². The van der Waals surface area contributed by atoms with Crippen molar-refractivity contribution < 1.29 is 52.8 Å². The number of nitrogens with one attached hydrogen (secondary N) is 1. The van der Waals surface area contributed by atoms with Crippen molar-refractivity contribution >= 4 is 41.2 Å². The molecule has 0 aromatic heterocycles. The first-order valence-corrected chi connectivity index (χ1v) is 13.4. The third-order valence-electron chi connectivity index (χ3n) is 6.12. The van der Waals surface area contributed by atoms with Gasteiger partial charge in [0.05, 0.1) is 20.5 Å². The van der Waals surface area contributed by atoms with E-state index in [4.69, 9.17) is 23.7 Å². The Morgan fingerprint density at radius 3 is 1.44 bits per heavy atom. The highest BCUT2D eigenvalue weighted by Crippen LogP contribution is 2.23. The second-order valence-electron chi connectivity index (χ2n) is 9.40. The number of nitro benzene ring substituents is 3. The summed E-state index contributed by atoms with van der Waals surface area (Å²) in [6, 6.07) is 19.0. The number of anilines is 1. The Labute approximate surface area is 268 Å². The maximum atomic E-state index is 12.6. The number of nitro groups is 3. The van der Waals surface area contributed by atoms with Crippen LogP contribution in [0.4, 0.5) is 37.1 Å². The van der Waals surface area contributed by atoms with E-state index in [2.05, 4.69) is 5.32 Å². The van der Waals surface area contributed by atoms with Gasteiger partial charge in [0.1, 0.15) is 31.3 Å². The van der Waals surface area contributed by atoms with E-state index in [-0.39, 0.29) is 53.0 Å². The number of carbonyl (C=O) groups excluding carboxylic acids is 3. The lowest BCUT2D eigenvalue weighted by Crippen LogP contribution is -2.17. The van der Waals surface area contributed by atoms with Gasteiger partial charge in [-0.25, -0.2) is 14.4 Å². The monoisotopic (exact) mass is 662 g/mol. The third kappa shape index (κ3) is 9.95. The summed E-state index contributed by atoms with van der Waals surface area (Å²) in [7, 11) is 0. The molecule has 0 atom stereocenters. The SMILES string of the molecule is O=C(Nc1ccc(COC(=O)Oc2ccc([N+](=O)[O-])cc2)cc1COC(=O)Oc1ccc([N+](=O)[O-])cc1)OCc1ccc([N+](=O)[O-])cc1. The average Bonchev–Trinajstić information content (AvgIpc) is 3.07. The van der Waals surface area contributed by atoms with Crippen LogP contribution in [-0.2, 0) is 34.0 Å². The van der Waals surface area contributed by atoms with E-state index in [1.807, 2.05) is 0 Å². The van der Waals surface area contributed by atoms with Crippen LogP contribution < -0.4 is 14.8 Å². The minimum absolute atomic E-state index is 0.00184. The molecule has 4 aromatic rings. The summed E-state index contributed by atoms with van der Waals surface area (Å²) in [5.41, 5.74) is 0.609. The fraction of sp³-hybridized carbons (Fsp3) is 0.100. The lowest BCUT2D eigenvalue weighted by Gasteiger charge is -2.14. The van der Waals surface area contributed by atoms with E-state index in [0.717, 1.165) is 24.3 Å². The molecule has 0 fully saturated rings. The maximum absolute atomic E-state index is 12.6. The Kier molecular flexibility index (Phi) is 11.1. The molecule has 1 amide bonds. The fourth-order valence-electron chi connectivity index (χ4n) is 3.79. The van der Waals surface area contributed by atoms with Gasteiger partial charge in [-0.05, 0) is 59.7 Å². The second-order valence-corrected chi connectivity index (χ2v) is 9.40. The van der Waals surface area contributed by atoms with Crippen LogP contribution in [0.2, 0.25) is 0 Å². The molecule has 4 aromatic carbocycles. The van der Waals surface area contributed by atoms with Gasteiger partial charge in [-0.1, -0.05) is 6.07 Å². The Balaban J connectivity index is 1.40. The van der Waals surface area contributed by atoms with Crippen LogP contribution >= 0.6 is 0 Å². The van der Waals surface area contributed by atoms with Crippen molar-refractivity contribution in [3.8, 4) is 11.5 Å². The van der Waals surface area contributed by atoms with E-state index in [1.54, 1.807) is 0 Å². The van der Waals surface area contributed by atoms with Crippen LogP contribution in [-0.4, -0.2) is 33.2 Å². The van der Waals surface area contributed by atoms with Crippen molar-refractivity contribution in [1.82, 2.24) is 0 Å². The van der Waals surface area contributed by atoms with Gasteiger partial charge in [0.25, 0.3) is 17.1 Å². The van der Waals surface area contributed by atoms with E-state index in [1.165, 1.54) is 66.7 Å². The third-order valence-corrected chi connectivity index (χ3v) is 6.12. The normalized spacial score (nSPS) is 10.2. The first-order chi connectivity index (χ1) is 23.0. The van der Waals surface area contributed by atoms with Gasteiger partial charge >= 0.3 is 18.4 Å². The number of amides is 1. The number of benzene rings is 4. The number of carbonyl (C=O) groups is 3. The van der Waals surface area contributed by atoms with E-state index < -0.39 is 39.8 Å². The molecule has 0 radical (unpaired) electrons. The van der Waals surface area contributed by atoms with Crippen molar-refractivity contribution in [1.29, 1.82) is 0 Å². The van der Waals surface area contributed by atoms with E-state index in [0.29, 0.717) is 11.1 Å². The zero-order chi connectivity index (χ0) is 34.6. The van der Waals surface area contributed by atoms with Crippen molar-refractivity contribution in [2.45, 2.75) is 19.8 Å². The molecule has 0 spiro atoms. The molecule has 0 bridgehead atoms. The zero-order valence-corrected chi connectivity index (χ0v) is 24.3. The largest absolute Gasteiger partial charge is 0.514 e. The summed E-state index contributed by atoms with van der Waals surface area (Å²) < 4.78 is 25.5. The maximum Gasteiger partial charge on any atom is 0.514 e. The zero-order valence-electron chi connectivity index (χ0n) is 24.3. The first kappa shape index (κ1) is 33.8. The molecule has 48 heavy (non-hydrogen) atoms. The second kappa shape index (κ2) is 15.8. The molecule has 0 saturated heterocycles. The minimum atomic E-state index is -1.18. The molecule has 0 saturated carbocycles. The van der Waals surface area contributed by atoms with E-state index in [9.17, 15) is 44.7 Å². The molecule has 1 N–H and O–H groups in total. The summed E-state index contributed by atoms with van der Waals surface area (Å²) in [6.45, 7) is -1.03. The van der Waals surface area contributed by atoms with Gasteiger partial charge in [0.2, 0.25) is 0 Å². The predicted octanol–water partition coefficient (Wildman–Crippen LogP) is 6.59. The Morgan fingerprint density at radius 2 is 0.958 bits per heavy atom. The smallest absolute Gasteiger partial charge is 0.444 e. The Bertz CT molecular complexity index is 1830. The summed E-state index contributed by atoms with van der Waals surface area (Å²) in [6.07, 6.45) is -3.21. The van der Waals surface area contributed by atoms with E-state index >= 15 is 0 Å². The Hall–Kier alpha value is -7.11. The molecule has 18 nitrogen and oxygen atoms in total. The Morgan fingerprint density at radius 1 is 0.542 bits per heavy atom. The molecular formula is C30H22N4O14. The molecule has 0 heterocycles. The topological polar surface area (TPSA) is 239 Å². The molecule has 4 rings (SSSR count). The van der Waals surface area contributed by atoms with Gasteiger partial charge < -0.3 is 23.7 Å². The van der Waals surface area contributed by atoms with Crippen molar-refractivity contribution in [3.63, 3.8) is 0 Å². The number of non-ortho nitro benzene ring substituents is 3. The standard InChI is InChI=1S/C30H22N4O14/c35-28(44-16-19-1-4-22(5-2-19)32(38)39)31-27-14-3-20(17-45-29(36)47-25-10-6-23(7-11-25)33(40)41)15-21(27)18-46-30(37)48-26-12-8-24(9-13-26)34(42)43/h1-15H,16-18H2,(H,31,35). The fourth-order valence-corrected chi connectivity index (χ4v) is 3.79. The number of ether oxygens (including phenoxy) is 5. The lowest BCUT2D eigenvalue weighted by molar-refractivity contribution is -0.385. The summed E-state index contributed by atoms with van der Waals surface area (Å²) in [5, 5.41) is 35.0. The predicted molar refractivity (Wildman–Crippen MR) is 161 cm³/mol. The van der Waals surface area contributed by atoms with Crippen molar-refractivity contribution in [2.75, 3.05) is 5.32 Å². The van der Waals surface area contributed by atoms with Gasteiger partial charge in [-0.3, -0.25) is 35.7 Å². The van der Waals surface area contributed by atoms with Crippen LogP contribution in [0.3, 0.4) is 0 Å². The van der Waals surface area contributed by atoms with Gasteiger partial charge in [-0.15, -0.1) is 0 Å². The highest BCUT2D eigenvalue weighted by atomic mass is 16.7. The van der Waals surface area contributed by atoms with Gasteiger partial charge in [-0.2, -0.15) is 0 Å². The number of nitrogens with zero attached hydrogens (tertiary/aromatic N) is 3. The van der Waals surface area contributed by atoms with Crippen LogP contribution in [0, 0.1) is 30.3 Å². The molecule has 0 aliphatic carbocycles. The van der Waals surface area contributed by atoms with Gasteiger partial charge in [0.15, 0.2) is 0 Å². The number of rotatable bonds is 12. The summed E-state index contributed by atoms with van der Waals surface area (Å²) in [4.78, 5) is 67.7. The van der Waals surface area contributed by atoms with Gasteiger partial charge in [0, 0.05) is 42.0 Å². The van der Waals surface area contributed by atoms with Crippen LogP contribution in [0.25, 0.3) is 0 Å². The molecule has 0 unspecified atom stereocenters. The quantitative estimate of drug-likeness (QED) is 0.0553. The van der Waals surface area contributed by atoms with Crippen molar-refractivity contribution in [3.05, 3.63) is 138 Å². The summed E-state index contributed by atoms with van der Waals surface area (Å²) in [5.74, 6) is -0.0366. The molecular weight excluding hydrogens is 640 g/mol. The average molecular weight is 663 g/mol. The highest BCUT2D eigenvalue weighted by molar-refractivity contribution is 5.85. The van der Waals surface area contributed by atoms with Crippen LogP contribution in [0.1, 0.15) is 16.7 Å². The van der Waals surface area contributed by atoms with Crippen LogP contribution in [0.5, 0.6) is 11.5 Å².